The average Bonchev–Trinajstić information content (AvgIpc) is 2.97. The highest BCUT2D eigenvalue weighted by Gasteiger charge is 2.12. The van der Waals surface area contributed by atoms with Crippen LogP contribution in [0.4, 0.5) is 5.82 Å². The van der Waals surface area contributed by atoms with Crippen LogP contribution in [-0.4, -0.2) is 37.6 Å². The average molecular weight is 262 g/mol. The normalized spacial score (nSPS) is 14.7. The van der Waals surface area contributed by atoms with Crippen molar-refractivity contribution in [2.75, 3.05) is 31.6 Å². The summed E-state index contributed by atoms with van der Waals surface area (Å²) in [6.07, 6.45) is 4.87. The Morgan fingerprint density at radius 2 is 2.16 bits per heavy atom. The topological polar surface area (TPSA) is 57.3 Å². The highest BCUT2D eigenvalue weighted by atomic mass is 16.1. The first kappa shape index (κ1) is 13.8. The van der Waals surface area contributed by atoms with E-state index >= 15 is 0 Å². The molecular formula is C14H22N4O. The fourth-order valence-corrected chi connectivity index (χ4v) is 2.18. The van der Waals surface area contributed by atoms with Crippen LogP contribution in [0.2, 0.25) is 0 Å². The summed E-state index contributed by atoms with van der Waals surface area (Å²) in [6, 6.07) is 4.08. The molecule has 0 spiro atoms. The minimum absolute atomic E-state index is 0.0676. The number of carbonyl (C=O) groups excluding carboxylic acids is 1. The van der Waals surface area contributed by atoms with Gasteiger partial charge >= 0.3 is 0 Å². The van der Waals surface area contributed by atoms with Crippen molar-refractivity contribution in [2.24, 2.45) is 0 Å². The fraction of sp³-hybridized carbons (Fsp3) is 0.571. The molecule has 1 saturated heterocycles. The third-order valence-electron chi connectivity index (χ3n) is 3.33. The molecule has 1 aromatic heterocycles. The number of carbonyl (C=O) groups is 1. The summed E-state index contributed by atoms with van der Waals surface area (Å²) in [5.41, 5.74) is 1.04. The number of pyridine rings is 1. The van der Waals surface area contributed by atoms with Gasteiger partial charge in [0.2, 0.25) is 5.91 Å². The Labute approximate surface area is 114 Å². The molecule has 1 aromatic rings. The third-order valence-corrected chi connectivity index (χ3v) is 3.33. The van der Waals surface area contributed by atoms with Gasteiger partial charge in [-0.2, -0.15) is 0 Å². The van der Waals surface area contributed by atoms with E-state index in [2.05, 4.69) is 20.5 Å². The van der Waals surface area contributed by atoms with Crippen molar-refractivity contribution in [1.82, 2.24) is 15.6 Å². The van der Waals surface area contributed by atoms with Gasteiger partial charge in [0, 0.05) is 38.8 Å². The van der Waals surface area contributed by atoms with Crippen LogP contribution in [-0.2, 0) is 11.3 Å². The zero-order valence-corrected chi connectivity index (χ0v) is 11.5. The summed E-state index contributed by atoms with van der Waals surface area (Å²) in [4.78, 5) is 18.2. The molecule has 0 unspecified atom stereocenters. The second-order valence-corrected chi connectivity index (χ2v) is 4.85. The van der Waals surface area contributed by atoms with E-state index in [9.17, 15) is 4.79 Å². The Balaban J connectivity index is 1.79. The van der Waals surface area contributed by atoms with Crippen LogP contribution >= 0.6 is 0 Å². The van der Waals surface area contributed by atoms with E-state index in [4.69, 9.17) is 0 Å². The quantitative estimate of drug-likeness (QED) is 0.800. The Morgan fingerprint density at radius 3 is 2.79 bits per heavy atom. The van der Waals surface area contributed by atoms with Crippen molar-refractivity contribution in [3.05, 3.63) is 23.9 Å². The van der Waals surface area contributed by atoms with E-state index in [0.29, 0.717) is 19.5 Å². The summed E-state index contributed by atoms with van der Waals surface area (Å²) < 4.78 is 0. The van der Waals surface area contributed by atoms with E-state index in [-0.39, 0.29) is 5.91 Å². The number of hydrogen-bond acceptors (Lipinski definition) is 4. The van der Waals surface area contributed by atoms with Gasteiger partial charge in [0.1, 0.15) is 5.82 Å². The molecule has 2 rings (SSSR count). The molecule has 2 heterocycles. The molecule has 19 heavy (non-hydrogen) atoms. The first-order valence-corrected chi connectivity index (χ1v) is 6.91. The summed E-state index contributed by atoms with van der Waals surface area (Å²) in [5.74, 6) is 1.11. The van der Waals surface area contributed by atoms with Crippen LogP contribution in [0.5, 0.6) is 0 Å². The van der Waals surface area contributed by atoms with Gasteiger partial charge in [0.15, 0.2) is 0 Å². The van der Waals surface area contributed by atoms with E-state index in [0.717, 1.165) is 24.5 Å². The highest BCUT2D eigenvalue weighted by molar-refractivity contribution is 5.76. The maximum Gasteiger partial charge on any atom is 0.221 e. The van der Waals surface area contributed by atoms with Crippen LogP contribution in [0.3, 0.4) is 0 Å². The zero-order valence-electron chi connectivity index (χ0n) is 11.5. The largest absolute Gasteiger partial charge is 0.357 e. The van der Waals surface area contributed by atoms with E-state index < -0.39 is 0 Å². The number of nitrogens with one attached hydrogen (secondary N) is 2. The minimum atomic E-state index is 0.0676. The Morgan fingerprint density at radius 1 is 1.37 bits per heavy atom. The fourth-order valence-electron chi connectivity index (χ4n) is 2.18. The number of nitrogens with zero attached hydrogens (tertiary/aromatic N) is 2. The lowest BCUT2D eigenvalue weighted by Gasteiger charge is -2.16. The van der Waals surface area contributed by atoms with Crippen molar-refractivity contribution in [3.8, 4) is 0 Å². The van der Waals surface area contributed by atoms with Crippen molar-refractivity contribution >= 4 is 11.7 Å². The molecule has 0 atom stereocenters. The number of anilines is 1. The monoisotopic (exact) mass is 262 g/mol. The summed E-state index contributed by atoms with van der Waals surface area (Å²) in [6.45, 7) is 3.47. The lowest BCUT2D eigenvalue weighted by atomic mass is 10.2. The van der Waals surface area contributed by atoms with E-state index in [1.165, 1.54) is 12.8 Å². The van der Waals surface area contributed by atoms with Gasteiger partial charge in [0.05, 0.1) is 0 Å². The Bertz CT molecular complexity index is 398. The minimum Gasteiger partial charge on any atom is -0.357 e. The van der Waals surface area contributed by atoms with Crippen LogP contribution < -0.4 is 15.5 Å². The molecule has 0 saturated carbocycles. The summed E-state index contributed by atoms with van der Waals surface area (Å²) in [7, 11) is 1.84. The maximum absolute atomic E-state index is 11.5. The predicted octanol–water partition coefficient (Wildman–Crippen LogP) is 0.907. The zero-order chi connectivity index (χ0) is 13.5. The van der Waals surface area contributed by atoms with Gasteiger partial charge in [-0.05, 0) is 31.5 Å². The Kier molecular flexibility index (Phi) is 5.15. The molecule has 0 aromatic carbocycles. The van der Waals surface area contributed by atoms with Gasteiger partial charge in [-0.25, -0.2) is 4.98 Å². The molecule has 5 heteroatoms. The highest BCUT2D eigenvalue weighted by Crippen LogP contribution is 2.17. The smallest absolute Gasteiger partial charge is 0.221 e. The summed E-state index contributed by atoms with van der Waals surface area (Å²) in [5, 5.41) is 5.85. The van der Waals surface area contributed by atoms with Gasteiger partial charge in [-0.1, -0.05) is 6.07 Å². The molecule has 2 N–H and O–H groups in total. The summed E-state index contributed by atoms with van der Waals surface area (Å²) >= 11 is 0. The number of aromatic nitrogens is 1. The van der Waals surface area contributed by atoms with Crippen LogP contribution in [0.1, 0.15) is 24.8 Å². The standard InChI is InChI=1S/C14H22N4O/c1-15-7-6-14(19)17-11-12-4-5-13(16-10-12)18-8-2-3-9-18/h4-5,10,15H,2-3,6-9,11H2,1H3,(H,17,19). The van der Waals surface area contributed by atoms with E-state index in [1.807, 2.05) is 25.4 Å². The molecule has 1 amide bonds. The van der Waals surface area contributed by atoms with Gasteiger partial charge in [0.25, 0.3) is 0 Å². The number of hydrogen-bond donors (Lipinski definition) is 2. The molecule has 0 aliphatic carbocycles. The molecule has 104 valence electrons. The molecule has 0 radical (unpaired) electrons. The molecule has 1 aliphatic rings. The van der Waals surface area contributed by atoms with Crippen molar-refractivity contribution < 1.29 is 4.79 Å². The first-order valence-electron chi connectivity index (χ1n) is 6.91. The van der Waals surface area contributed by atoms with Crippen LogP contribution in [0, 0.1) is 0 Å². The molecule has 1 aliphatic heterocycles. The third kappa shape index (κ3) is 4.21. The van der Waals surface area contributed by atoms with Gasteiger partial charge in [-0.3, -0.25) is 4.79 Å². The lowest BCUT2D eigenvalue weighted by molar-refractivity contribution is -0.121. The maximum atomic E-state index is 11.5. The van der Waals surface area contributed by atoms with E-state index in [1.54, 1.807) is 0 Å². The molecular weight excluding hydrogens is 240 g/mol. The first-order chi connectivity index (χ1) is 9.29. The van der Waals surface area contributed by atoms with Gasteiger partial charge in [-0.15, -0.1) is 0 Å². The van der Waals surface area contributed by atoms with Crippen molar-refractivity contribution in [1.29, 1.82) is 0 Å². The second-order valence-electron chi connectivity index (χ2n) is 4.85. The number of rotatable bonds is 6. The molecule has 1 fully saturated rings. The van der Waals surface area contributed by atoms with Crippen LogP contribution in [0.15, 0.2) is 18.3 Å². The second kappa shape index (κ2) is 7.09. The number of amides is 1. The molecule has 5 nitrogen and oxygen atoms in total. The molecule has 0 bridgehead atoms. The van der Waals surface area contributed by atoms with Gasteiger partial charge < -0.3 is 15.5 Å². The van der Waals surface area contributed by atoms with Crippen molar-refractivity contribution in [3.63, 3.8) is 0 Å². The predicted molar refractivity (Wildman–Crippen MR) is 76.1 cm³/mol. The van der Waals surface area contributed by atoms with Crippen LogP contribution in [0.25, 0.3) is 0 Å². The lowest BCUT2D eigenvalue weighted by Crippen LogP contribution is -2.26. The van der Waals surface area contributed by atoms with Crippen molar-refractivity contribution in [2.45, 2.75) is 25.8 Å². The Hall–Kier alpha value is -1.62. The SMILES string of the molecule is CNCCC(=O)NCc1ccc(N2CCCC2)nc1.